The fraction of sp³-hybridized carbons (Fsp3) is 0.208. The largest absolute Gasteiger partial charge is 0.497 e. The minimum Gasteiger partial charge on any atom is -0.497 e. The number of aryl methyl sites for hydroxylation is 2. The number of rotatable bonds is 7. The molecule has 4 aromatic rings. The van der Waals surface area contributed by atoms with Gasteiger partial charge in [0.25, 0.3) is 5.56 Å². The van der Waals surface area contributed by atoms with Gasteiger partial charge >= 0.3 is 0 Å². The van der Waals surface area contributed by atoms with Crippen molar-refractivity contribution in [3.63, 3.8) is 0 Å². The number of nitrogens with one attached hydrogen (secondary N) is 1. The molecule has 2 aromatic heterocycles. The molecule has 0 atom stereocenters. The van der Waals surface area contributed by atoms with Gasteiger partial charge in [-0.1, -0.05) is 42.0 Å². The molecule has 1 amide bonds. The molecule has 31 heavy (non-hydrogen) atoms. The quantitative estimate of drug-likeness (QED) is 0.475. The number of methoxy groups -OCH3 is 1. The number of carbonyl (C=O) groups is 1. The predicted octanol–water partition coefficient (Wildman–Crippen LogP) is 4.15. The number of fused-ring (bicyclic) bond motifs is 1. The Kier molecular flexibility index (Phi) is 6.13. The lowest BCUT2D eigenvalue weighted by Crippen LogP contribution is -2.27. The molecule has 0 aliphatic rings. The normalized spacial score (nSPS) is 10.9. The number of hydrogen-bond acceptors (Lipinski definition) is 5. The minimum absolute atomic E-state index is 0.123. The van der Waals surface area contributed by atoms with Crippen molar-refractivity contribution in [2.75, 3.05) is 7.11 Å². The Morgan fingerprint density at radius 1 is 1.19 bits per heavy atom. The predicted molar refractivity (Wildman–Crippen MR) is 124 cm³/mol. The molecule has 158 valence electrons. The van der Waals surface area contributed by atoms with Gasteiger partial charge in [-0.3, -0.25) is 14.2 Å². The first kappa shape index (κ1) is 20.8. The highest BCUT2D eigenvalue weighted by Gasteiger charge is 2.14. The van der Waals surface area contributed by atoms with Gasteiger partial charge < -0.3 is 10.1 Å². The zero-order valence-corrected chi connectivity index (χ0v) is 18.2. The molecule has 0 bridgehead atoms. The van der Waals surface area contributed by atoms with E-state index >= 15 is 0 Å². The lowest BCUT2D eigenvalue weighted by Gasteiger charge is -2.08. The molecular weight excluding hydrogens is 410 g/mol. The molecule has 0 radical (unpaired) electrons. The molecule has 7 heteroatoms. The second kappa shape index (κ2) is 9.14. The van der Waals surface area contributed by atoms with Crippen molar-refractivity contribution in [2.24, 2.45) is 0 Å². The van der Waals surface area contributed by atoms with E-state index in [2.05, 4.69) is 10.3 Å². The Labute approximate surface area is 184 Å². The van der Waals surface area contributed by atoms with Gasteiger partial charge in [-0.25, -0.2) is 4.98 Å². The van der Waals surface area contributed by atoms with Crippen molar-refractivity contribution < 1.29 is 9.53 Å². The SMILES string of the molecule is COc1cccc(CNC(=O)CCn2cnc3scc(-c4ccc(C)cc4)c3c2=O)c1. The van der Waals surface area contributed by atoms with E-state index in [1.54, 1.807) is 7.11 Å². The van der Waals surface area contributed by atoms with E-state index in [1.807, 2.05) is 60.8 Å². The Bertz CT molecular complexity index is 1280. The smallest absolute Gasteiger partial charge is 0.262 e. The summed E-state index contributed by atoms with van der Waals surface area (Å²) in [4.78, 5) is 30.6. The first-order chi connectivity index (χ1) is 15.0. The third-order valence-electron chi connectivity index (χ3n) is 5.13. The summed E-state index contributed by atoms with van der Waals surface area (Å²) in [7, 11) is 1.61. The molecular formula is C24H23N3O3S. The second-order valence-electron chi connectivity index (χ2n) is 7.32. The van der Waals surface area contributed by atoms with Crippen LogP contribution in [0.5, 0.6) is 5.75 Å². The molecule has 2 heterocycles. The Morgan fingerprint density at radius 3 is 2.77 bits per heavy atom. The van der Waals surface area contributed by atoms with Crippen LogP contribution in [0, 0.1) is 6.92 Å². The summed E-state index contributed by atoms with van der Waals surface area (Å²) in [6.07, 6.45) is 1.72. The minimum atomic E-state index is -0.126. The lowest BCUT2D eigenvalue weighted by molar-refractivity contribution is -0.121. The number of amides is 1. The van der Waals surface area contributed by atoms with E-state index in [0.29, 0.717) is 16.8 Å². The molecule has 0 saturated heterocycles. The van der Waals surface area contributed by atoms with Crippen LogP contribution in [0.15, 0.2) is 65.0 Å². The van der Waals surface area contributed by atoms with Gasteiger partial charge in [0.1, 0.15) is 10.6 Å². The molecule has 0 unspecified atom stereocenters. The molecule has 2 aromatic carbocycles. The molecule has 0 aliphatic heterocycles. The van der Waals surface area contributed by atoms with E-state index in [4.69, 9.17) is 4.74 Å². The van der Waals surface area contributed by atoms with Gasteiger partial charge in [-0.2, -0.15) is 0 Å². The highest BCUT2D eigenvalue weighted by molar-refractivity contribution is 7.17. The van der Waals surface area contributed by atoms with E-state index < -0.39 is 0 Å². The molecule has 6 nitrogen and oxygen atoms in total. The Balaban J connectivity index is 1.46. The second-order valence-corrected chi connectivity index (χ2v) is 8.18. The van der Waals surface area contributed by atoms with E-state index in [9.17, 15) is 9.59 Å². The van der Waals surface area contributed by atoms with Crippen LogP contribution >= 0.6 is 11.3 Å². The number of carbonyl (C=O) groups excluding carboxylic acids is 1. The molecule has 0 saturated carbocycles. The van der Waals surface area contributed by atoms with E-state index in [-0.39, 0.29) is 24.4 Å². The molecule has 4 rings (SSSR count). The molecule has 0 aliphatic carbocycles. The van der Waals surface area contributed by atoms with Gasteiger partial charge in [-0.05, 0) is 30.2 Å². The molecule has 0 fully saturated rings. The number of hydrogen-bond donors (Lipinski definition) is 1. The zero-order valence-electron chi connectivity index (χ0n) is 17.4. The number of aromatic nitrogens is 2. The van der Waals surface area contributed by atoms with Crippen LogP contribution in [0.4, 0.5) is 0 Å². The average molecular weight is 434 g/mol. The van der Waals surface area contributed by atoms with Crippen LogP contribution in [0.2, 0.25) is 0 Å². The number of ether oxygens (including phenoxy) is 1. The number of nitrogens with zero attached hydrogens (tertiary/aromatic N) is 2. The van der Waals surface area contributed by atoms with Crippen molar-refractivity contribution in [1.29, 1.82) is 0 Å². The standard InChI is InChI=1S/C24H23N3O3S/c1-16-6-8-18(9-7-16)20-14-31-23-22(20)24(29)27(15-26-23)11-10-21(28)25-13-17-4-3-5-19(12-17)30-2/h3-9,12,14-15H,10-11,13H2,1-2H3,(H,25,28). The van der Waals surface area contributed by atoms with Gasteiger partial charge in [0.05, 0.1) is 18.8 Å². The van der Waals surface area contributed by atoms with E-state index in [0.717, 1.165) is 22.4 Å². The first-order valence-electron chi connectivity index (χ1n) is 9.98. The third-order valence-corrected chi connectivity index (χ3v) is 6.01. The third kappa shape index (κ3) is 4.67. The summed E-state index contributed by atoms with van der Waals surface area (Å²) < 4.78 is 6.71. The summed E-state index contributed by atoms with van der Waals surface area (Å²) in [6.45, 7) is 2.71. The average Bonchev–Trinajstić information content (AvgIpc) is 3.23. The zero-order chi connectivity index (χ0) is 21.8. The molecule has 1 N–H and O–H groups in total. The first-order valence-corrected chi connectivity index (χ1v) is 10.9. The van der Waals surface area contributed by atoms with Gasteiger partial charge in [0.15, 0.2) is 0 Å². The van der Waals surface area contributed by atoms with E-state index in [1.165, 1.54) is 27.8 Å². The maximum absolute atomic E-state index is 13.1. The van der Waals surface area contributed by atoms with Gasteiger partial charge in [0.2, 0.25) is 5.91 Å². The summed E-state index contributed by atoms with van der Waals surface area (Å²) in [5.74, 6) is 0.622. The van der Waals surface area contributed by atoms with Crippen molar-refractivity contribution in [2.45, 2.75) is 26.4 Å². The summed E-state index contributed by atoms with van der Waals surface area (Å²) in [5.41, 5.74) is 3.87. The van der Waals surface area contributed by atoms with Gasteiger partial charge in [-0.15, -0.1) is 11.3 Å². The highest BCUT2D eigenvalue weighted by Crippen LogP contribution is 2.30. The van der Waals surface area contributed by atoms with Crippen LogP contribution in [0.3, 0.4) is 0 Å². The van der Waals surface area contributed by atoms with Crippen molar-refractivity contribution in [3.8, 4) is 16.9 Å². The maximum Gasteiger partial charge on any atom is 0.262 e. The molecule has 0 spiro atoms. The van der Waals surface area contributed by atoms with Crippen molar-refractivity contribution in [3.05, 3.63) is 81.7 Å². The van der Waals surface area contributed by atoms with Gasteiger partial charge in [0, 0.05) is 30.5 Å². The van der Waals surface area contributed by atoms with Crippen molar-refractivity contribution in [1.82, 2.24) is 14.9 Å². The Morgan fingerprint density at radius 2 is 2.00 bits per heavy atom. The van der Waals surface area contributed by atoms with Crippen LogP contribution < -0.4 is 15.6 Å². The van der Waals surface area contributed by atoms with Crippen LogP contribution in [0.25, 0.3) is 21.3 Å². The summed E-state index contributed by atoms with van der Waals surface area (Å²) in [5, 5.41) is 5.46. The van der Waals surface area contributed by atoms with Crippen LogP contribution in [-0.2, 0) is 17.9 Å². The van der Waals surface area contributed by atoms with Crippen LogP contribution in [-0.4, -0.2) is 22.6 Å². The topological polar surface area (TPSA) is 73.2 Å². The fourth-order valence-electron chi connectivity index (χ4n) is 3.37. The number of benzene rings is 2. The summed E-state index contributed by atoms with van der Waals surface area (Å²) >= 11 is 1.45. The monoisotopic (exact) mass is 433 g/mol. The fourth-order valence-corrected chi connectivity index (χ4v) is 4.27. The number of thiophene rings is 1. The summed E-state index contributed by atoms with van der Waals surface area (Å²) in [6, 6.07) is 15.6. The lowest BCUT2D eigenvalue weighted by atomic mass is 10.1. The Hall–Kier alpha value is -3.45. The van der Waals surface area contributed by atoms with Crippen molar-refractivity contribution >= 4 is 27.5 Å². The maximum atomic E-state index is 13.1. The highest BCUT2D eigenvalue weighted by atomic mass is 32.1. The van der Waals surface area contributed by atoms with Crippen LogP contribution in [0.1, 0.15) is 17.5 Å².